The number of hydrogen-bond donors (Lipinski definition) is 2. The van der Waals surface area contributed by atoms with E-state index in [1.807, 2.05) is 12.2 Å². The second-order valence-corrected chi connectivity index (χ2v) is 15.8. The maximum Gasteiger partial charge on any atom is 0.259 e. The molecule has 5 atom stereocenters. The lowest BCUT2D eigenvalue weighted by Gasteiger charge is -2.26. The predicted molar refractivity (Wildman–Crippen MR) is 182 cm³/mol. The molecule has 14 heteroatoms. The normalized spacial score (nSPS) is 27.8. The maximum atomic E-state index is 14.2. The van der Waals surface area contributed by atoms with Crippen molar-refractivity contribution in [1.82, 2.24) is 24.9 Å². The van der Waals surface area contributed by atoms with E-state index in [0.717, 1.165) is 19.3 Å². The van der Waals surface area contributed by atoms with Gasteiger partial charge in [0.25, 0.3) is 5.91 Å². The van der Waals surface area contributed by atoms with E-state index in [-0.39, 0.29) is 37.0 Å². The number of carbonyl (C=O) groups excluding carboxylic acids is 3. The molecule has 2 aromatic carbocycles. The first-order valence-electron chi connectivity index (χ1n) is 17.1. The molecule has 264 valence electrons. The Morgan fingerprint density at radius 1 is 1.06 bits per heavy atom. The van der Waals surface area contributed by atoms with Crippen molar-refractivity contribution in [2.24, 2.45) is 17.8 Å². The van der Waals surface area contributed by atoms with Crippen LogP contribution in [-0.4, -0.2) is 78.6 Å². The lowest BCUT2D eigenvalue weighted by Crippen LogP contribution is -2.54. The first-order valence-corrected chi connectivity index (χ1v) is 18.6. The number of allylic oxidation sites excluding steroid dienone is 1. The Morgan fingerprint density at radius 2 is 1.82 bits per heavy atom. The summed E-state index contributed by atoms with van der Waals surface area (Å²) in [6, 6.07) is 11.0. The number of sulfonamides is 1. The zero-order valence-corrected chi connectivity index (χ0v) is 28.7. The van der Waals surface area contributed by atoms with Crippen molar-refractivity contribution in [1.29, 1.82) is 0 Å². The van der Waals surface area contributed by atoms with Gasteiger partial charge in [-0.1, -0.05) is 12.2 Å². The molecule has 3 fully saturated rings. The summed E-state index contributed by atoms with van der Waals surface area (Å²) in [6.07, 6.45) is 7.16. The molecule has 1 aliphatic heterocycles. The molecule has 3 amide bonds. The maximum absolute atomic E-state index is 14.2. The molecule has 3 aliphatic carbocycles. The third kappa shape index (κ3) is 6.77. The van der Waals surface area contributed by atoms with Crippen LogP contribution < -0.4 is 19.5 Å². The van der Waals surface area contributed by atoms with Gasteiger partial charge in [-0.05, 0) is 87.8 Å². The lowest BCUT2D eigenvalue weighted by molar-refractivity contribution is -0.140. The minimum Gasteiger partial charge on any atom is -0.497 e. The highest BCUT2D eigenvalue weighted by molar-refractivity contribution is 7.91. The van der Waals surface area contributed by atoms with E-state index in [0.29, 0.717) is 47.4 Å². The van der Waals surface area contributed by atoms with Crippen LogP contribution in [0.3, 0.4) is 0 Å². The second-order valence-electron chi connectivity index (χ2n) is 13.8. The molecular weight excluding hydrogens is 665 g/mol. The number of hydrogen-bond acceptors (Lipinski definition) is 9. The van der Waals surface area contributed by atoms with E-state index in [4.69, 9.17) is 14.5 Å². The summed E-state index contributed by atoms with van der Waals surface area (Å²) in [4.78, 5) is 52.7. The van der Waals surface area contributed by atoms with Crippen molar-refractivity contribution >= 4 is 38.6 Å². The van der Waals surface area contributed by atoms with Gasteiger partial charge in [-0.2, -0.15) is 4.98 Å². The van der Waals surface area contributed by atoms with Crippen LogP contribution in [0, 0.1) is 23.6 Å². The first kappa shape index (κ1) is 33.9. The topological polar surface area (TPSA) is 157 Å². The summed E-state index contributed by atoms with van der Waals surface area (Å²) in [5.41, 5.74) is -0.331. The average molecular weight is 706 g/mol. The van der Waals surface area contributed by atoms with E-state index >= 15 is 0 Å². The Bertz CT molecular complexity index is 1970. The van der Waals surface area contributed by atoms with Crippen molar-refractivity contribution in [3.63, 3.8) is 0 Å². The number of carbonyl (C=O) groups is 3. The number of nitrogens with one attached hydrogen (secondary N) is 2. The summed E-state index contributed by atoms with van der Waals surface area (Å²) >= 11 is 0. The van der Waals surface area contributed by atoms with Crippen LogP contribution in [0.1, 0.15) is 51.4 Å². The zero-order valence-electron chi connectivity index (χ0n) is 27.9. The highest BCUT2D eigenvalue weighted by Gasteiger charge is 2.62. The number of benzene rings is 2. The Morgan fingerprint density at radius 3 is 2.56 bits per heavy atom. The molecule has 1 aromatic heterocycles. The average Bonchev–Trinajstić information content (AvgIpc) is 4.02. The molecule has 50 heavy (non-hydrogen) atoms. The van der Waals surface area contributed by atoms with Crippen LogP contribution >= 0.6 is 0 Å². The number of halogens is 1. The molecular formula is C36H40FN5O7S. The Kier molecular flexibility index (Phi) is 8.99. The number of methoxy groups -OCH3 is 1. The molecule has 2 N–H and O–H groups in total. The van der Waals surface area contributed by atoms with E-state index in [1.54, 1.807) is 49.4 Å². The number of rotatable bonds is 7. The van der Waals surface area contributed by atoms with Crippen LogP contribution in [0.15, 0.2) is 54.6 Å². The molecule has 4 aliphatic rings. The zero-order chi connectivity index (χ0) is 35.2. The van der Waals surface area contributed by atoms with Crippen molar-refractivity contribution in [3.8, 4) is 23.0 Å². The van der Waals surface area contributed by atoms with Gasteiger partial charge in [-0.25, -0.2) is 17.8 Å². The molecule has 0 saturated heterocycles. The van der Waals surface area contributed by atoms with Gasteiger partial charge in [-0.15, -0.1) is 0 Å². The molecule has 7 rings (SSSR count). The fraction of sp³-hybridized carbons (Fsp3) is 0.472. The third-order valence-corrected chi connectivity index (χ3v) is 12.1. The van der Waals surface area contributed by atoms with Gasteiger partial charge in [0.2, 0.25) is 27.7 Å². The summed E-state index contributed by atoms with van der Waals surface area (Å²) in [5.74, 6) is -2.71. The first-order chi connectivity index (χ1) is 24.0. The monoisotopic (exact) mass is 705 g/mol. The van der Waals surface area contributed by atoms with Crippen LogP contribution in [0.5, 0.6) is 11.6 Å². The summed E-state index contributed by atoms with van der Waals surface area (Å²) in [7, 11) is -0.576. The summed E-state index contributed by atoms with van der Waals surface area (Å²) in [6.45, 7) is 0.525. The van der Waals surface area contributed by atoms with E-state index in [2.05, 4.69) is 15.0 Å². The number of fused-ring (bicyclic) bond motifs is 3. The number of ether oxygens (including phenoxy) is 2. The second kappa shape index (κ2) is 13.3. The highest BCUT2D eigenvalue weighted by Crippen LogP contribution is 2.47. The van der Waals surface area contributed by atoms with Crippen LogP contribution in [0.2, 0.25) is 0 Å². The van der Waals surface area contributed by atoms with Gasteiger partial charge in [0.15, 0.2) is 5.82 Å². The van der Waals surface area contributed by atoms with Crippen molar-refractivity contribution in [3.05, 3.63) is 60.4 Å². The number of amides is 3. The summed E-state index contributed by atoms with van der Waals surface area (Å²) in [5, 5.41) is 2.90. The minimum atomic E-state index is -3.85. The largest absolute Gasteiger partial charge is 0.497 e. The standard InChI is InChI=1S/C36H40FN5O7S/c1-42-16-6-4-3-5-7-22-20-36(22,35(45)41-50(46,47)26-13-14-26)40-32(43)28-17-25(18-29(28)34(42)44)49-33-27-15-12-24(48-2)19-30(27)38-31(39-33)21-8-10-23(37)11-9-21/h5,7-12,15,19,22,25-26,28-29H,3-4,6,13-14,16-18,20H2,1-2H3,(H,40,43)(H,41,45)/b7-5-/t22-,25-,28-,29-,36-/m1/s1. The van der Waals surface area contributed by atoms with Crippen LogP contribution in [-0.2, 0) is 24.4 Å². The molecule has 0 radical (unpaired) electrons. The number of nitrogens with zero attached hydrogens (tertiary/aromatic N) is 3. The predicted octanol–water partition coefficient (Wildman–Crippen LogP) is 3.90. The molecule has 3 saturated carbocycles. The lowest BCUT2D eigenvalue weighted by atomic mass is 9.93. The molecule has 3 aromatic rings. The van der Waals surface area contributed by atoms with Gasteiger partial charge in [0.05, 0.1) is 35.1 Å². The smallest absolute Gasteiger partial charge is 0.259 e. The van der Waals surface area contributed by atoms with Gasteiger partial charge in [-0.3, -0.25) is 19.1 Å². The van der Waals surface area contributed by atoms with Crippen molar-refractivity contribution < 1.29 is 36.7 Å². The molecule has 0 spiro atoms. The van der Waals surface area contributed by atoms with Crippen LogP contribution in [0.4, 0.5) is 4.39 Å². The Hall–Kier alpha value is -4.59. The van der Waals surface area contributed by atoms with E-state index in [1.165, 1.54) is 12.1 Å². The fourth-order valence-corrected chi connectivity index (χ4v) is 8.44. The van der Waals surface area contributed by atoms with E-state index in [9.17, 15) is 27.2 Å². The Balaban J connectivity index is 1.20. The highest BCUT2D eigenvalue weighted by atomic mass is 32.2. The minimum absolute atomic E-state index is 0.155. The third-order valence-electron chi connectivity index (χ3n) is 10.2. The summed E-state index contributed by atoms with van der Waals surface area (Å²) < 4.78 is 53.3. The van der Waals surface area contributed by atoms with Gasteiger partial charge >= 0.3 is 0 Å². The fourth-order valence-electron chi connectivity index (χ4n) is 7.07. The Labute approximate surface area is 289 Å². The molecule has 2 heterocycles. The van der Waals surface area contributed by atoms with Gasteiger partial charge < -0.3 is 19.7 Å². The SMILES string of the molecule is COc1ccc2c(O[C@@H]3C[C@H]4C(=O)N[C@]5(C(=O)NS(=O)(=O)C6CC6)C[C@H]5/C=C\CCCCN(C)C(=O)[C@@H]4C3)nc(-c3ccc(F)cc3)nc2c1. The number of aromatic nitrogens is 2. The van der Waals surface area contributed by atoms with Crippen molar-refractivity contribution in [2.45, 2.75) is 68.3 Å². The molecule has 12 nitrogen and oxygen atoms in total. The van der Waals surface area contributed by atoms with Crippen LogP contribution in [0.25, 0.3) is 22.3 Å². The quantitative estimate of drug-likeness (QED) is 0.348. The van der Waals surface area contributed by atoms with E-state index < -0.39 is 56.4 Å². The van der Waals surface area contributed by atoms with Gasteiger partial charge in [0, 0.05) is 31.1 Å². The van der Waals surface area contributed by atoms with Crippen molar-refractivity contribution in [2.75, 3.05) is 20.7 Å². The van der Waals surface area contributed by atoms with Gasteiger partial charge in [0.1, 0.15) is 23.2 Å². The molecule has 0 bridgehead atoms. The molecule has 0 unspecified atom stereocenters.